The van der Waals surface area contributed by atoms with Gasteiger partial charge < -0.3 is 15.6 Å². The van der Waals surface area contributed by atoms with E-state index >= 15 is 0 Å². The Balaban J connectivity index is 2.11. The number of carbonyl (C=O) groups is 2. The molecule has 0 radical (unpaired) electrons. The smallest absolute Gasteiger partial charge is 0.325 e. The first-order valence-corrected chi connectivity index (χ1v) is 8.62. The van der Waals surface area contributed by atoms with Gasteiger partial charge in [-0.05, 0) is 46.1 Å². The molecule has 1 aliphatic heterocycles. The molecule has 6 heteroatoms. The average Bonchev–Trinajstić information content (AvgIpc) is 2.49. The first-order chi connectivity index (χ1) is 11.6. The molecule has 1 fully saturated rings. The van der Waals surface area contributed by atoms with Crippen molar-refractivity contribution in [1.82, 2.24) is 4.90 Å². The molecule has 0 unspecified atom stereocenters. The Morgan fingerprint density at radius 3 is 2.36 bits per heavy atom. The number of nitrogens with zero attached hydrogens (tertiary/aromatic N) is 1. The molecule has 1 aromatic carbocycles. The normalized spacial score (nSPS) is 23.1. The van der Waals surface area contributed by atoms with Crippen LogP contribution in [0.2, 0.25) is 0 Å². The fraction of sp³-hybridized carbons (Fsp3) is 0.579. The average molecular weight is 348 g/mol. The Kier molecular flexibility index (Phi) is 5.85. The van der Waals surface area contributed by atoms with Crippen LogP contribution in [0.15, 0.2) is 24.3 Å². The van der Waals surface area contributed by atoms with E-state index in [2.05, 4.69) is 0 Å². The Morgan fingerprint density at radius 1 is 1.28 bits per heavy atom. The highest BCUT2D eigenvalue weighted by atomic mass is 16.6. The summed E-state index contributed by atoms with van der Waals surface area (Å²) in [6.07, 6.45) is 0.427. The van der Waals surface area contributed by atoms with Crippen LogP contribution < -0.4 is 5.73 Å². The Hall–Kier alpha value is -1.92. The van der Waals surface area contributed by atoms with Gasteiger partial charge in [0, 0.05) is 6.54 Å². The molecular formula is C19H28N2O4. The van der Waals surface area contributed by atoms with Crippen molar-refractivity contribution in [3.63, 3.8) is 0 Å². The largest absolute Gasteiger partial charge is 0.480 e. The van der Waals surface area contributed by atoms with Crippen molar-refractivity contribution in [3.8, 4) is 0 Å². The summed E-state index contributed by atoms with van der Waals surface area (Å²) in [6, 6.07) is 6.62. The van der Waals surface area contributed by atoms with E-state index in [0.717, 1.165) is 5.56 Å². The van der Waals surface area contributed by atoms with Crippen molar-refractivity contribution >= 4 is 11.9 Å². The third-order valence-corrected chi connectivity index (χ3v) is 4.39. The maximum Gasteiger partial charge on any atom is 0.325 e. The molecule has 1 heterocycles. The van der Waals surface area contributed by atoms with Crippen LogP contribution in [0.5, 0.6) is 0 Å². The van der Waals surface area contributed by atoms with Gasteiger partial charge in [-0.3, -0.25) is 14.5 Å². The van der Waals surface area contributed by atoms with Crippen LogP contribution in [0, 0.1) is 12.8 Å². The molecular weight excluding hydrogens is 320 g/mol. The first-order valence-electron chi connectivity index (χ1n) is 8.62. The molecule has 3 N–H and O–H groups in total. The number of carboxylic acids is 1. The third-order valence-electron chi connectivity index (χ3n) is 4.39. The van der Waals surface area contributed by atoms with Crippen LogP contribution in [-0.4, -0.2) is 40.3 Å². The molecule has 25 heavy (non-hydrogen) atoms. The van der Waals surface area contributed by atoms with Gasteiger partial charge in [0.25, 0.3) is 0 Å². The predicted molar refractivity (Wildman–Crippen MR) is 94.8 cm³/mol. The molecule has 3 atom stereocenters. The van der Waals surface area contributed by atoms with E-state index in [-0.39, 0.29) is 11.9 Å². The number of hydrogen-bond donors (Lipinski definition) is 2. The number of esters is 1. The second-order valence-corrected chi connectivity index (χ2v) is 7.71. The number of benzene rings is 1. The van der Waals surface area contributed by atoms with Gasteiger partial charge in [0.05, 0.1) is 12.1 Å². The molecule has 2 rings (SSSR count). The monoisotopic (exact) mass is 348 g/mol. The summed E-state index contributed by atoms with van der Waals surface area (Å²) in [5.74, 6) is -1.49. The molecule has 0 spiro atoms. The minimum absolute atomic E-state index is 0.259. The number of aliphatic carboxylic acids is 1. The van der Waals surface area contributed by atoms with Crippen molar-refractivity contribution < 1.29 is 19.4 Å². The van der Waals surface area contributed by atoms with Crippen molar-refractivity contribution in [3.05, 3.63) is 35.4 Å². The zero-order valence-corrected chi connectivity index (χ0v) is 15.4. The van der Waals surface area contributed by atoms with E-state index in [1.807, 2.05) is 52.0 Å². The molecule has 0 aliphatic carbocycles. The molecule has 0 bridgehead atoms. The van der Waals surface area contributed by atoms with Crippen LogP contribution in [0.3, 0.4) is 0 Å². The maximum absolute atomic E-state index is 12.3. The number of piperidine rings is 1. The number of likely N-dealkylation sites (tertiary alicyclic amines) is 1. The van der Waals surface area contributed by atoms with Gasteiger partial charge in [0.1, 0.15) is 11.6 Å². The lowest BCUT2D eigenvalue weighted by Gasteiger charge is -2.40. The molecule has 0 saturated carbocycles. The standard InChI is InChI=1S/C19H28N2O4/c1-12-5-7-13(8-6-12)16(17(22)23)21-10-9-14(11-15(21)20)18(24)25-19(2,3)4/h5-8,14-16H,9-11,20H2,1-4H3,(H,22,23)/t14-,15+,16-/m0/s1. The maximum atomic E-state index is 12.3. The first kappa shape index (κ1) is 19.4. The van der Waals surface area contributed by atoms with Crippen molar-refractivity contribution in [2.75, 3.05) is 6.54 Å². The van der Waals surface area contributed by atoms with Gasteiger partial charge in [-0.15, -0.1) is 0 Å². The summed E-state index contributed by atoms with van der Waals surface area (Å²) >= 11 is 0. The van der Waals surface area contributed by atoms with Gasteiger partial charge >= 0.3 is 11.9 Å². The van der Waals surface area contributed by atoms with E-state index in [9.17, 15) is 14.7 Å². The lowest BCUT2D eigenvalue weighted by Crippen LogP contribution is -2.52. The van der Waals surface area contributed by atoms with Crippen LogP contribution in [0.1, 0.15) is 50.8 Å². The Bertz CT molecular complexity index is 621. The highest BCUT2D eigenvalue weighted by molar-refractivity contribution is 5.76. The highest BCUT2D eigenvalue weighted by Crippen LogP contribution is 2.31. The topological polar surface area (TPSA) is 92.9 Å². The van der Waals surface area contributed by atoms with Crippen molar-refractivity contribution in [2.45, 2.75) is 58.3 Å². The third kappa shape index (κ3) is 5.03. The fourth-order valence-electron chi connectivity index (χ4n) is 3.16. The van der Waals surface area contributed by atoms with Gasteiger partial charge in [0.15, 0.2) is 0 Å². The van der Waals surface area contributed by atoms with E-state index in [1.54, 1.807) is 4.90 Å². The number of rotatable bonds is 4. The molecule has 1 aromatic rings. The highest BCUT2D eigenvalue weighted by Gasteiger charge is 2.38. The summed E-state index contributed by atoms with van der Waals surface area (Å²) in [5.41, 5.74) is 7.46. The second kappa shape index (κ2) is 7.54. The molecule has 138 valence electrons. The van der Waals surface area contributed by atoms with Crippen LogP contribution >= 0.6 is 0 Å². The van der Waals surface area contributed by atoms with Crippen molar-refractivity contribution in [2.24, 2.45) is 11.7 Å². The zero-order valence-electron chi connectivity index (χ0n) is 15.4. The van der Waals surface area contributed by atoms with Gasteiger partial charge in [0.2, 0.25) is 0 Å². The minimum atomic E-state index is -0.935. The van der Waals surface area contributed by atoms with Crippen LogP contribution in [-0.2, 0) is 14.3 Å². The quantitative estimate of drug-likeness (QED) is 0.812. The SMILES string of the molecule is Cc1ccc([C@@H](C(=O)O)N2CC[C@H](C(=O)OC(C)(C)C)C[C@@H]2N)cc1. The molecule has 1 aliphatic rings. The summed E-state index contributed by atoms with van der Waals surface area (Å²) in [5, 5.41) is 9.71. The molecule has 1 saturated heterocycles. The summed E-state index contributed by atoms with van der Waals surface area (Å²) in [6.45, 7) is 7.89. The van der Waals surface area contributed by atoms with Crippen molar-refractivity contribution in [1.29, 1.82) is 0 Å². The zero-order chi connectivity index (χ0) is 18.8. The molecule has 6 nitrogen and oxygen atoms in total. The summed E-state index contributed by atoms with van der Waals surface area (Å²) in [4.78, 5) is 25.9. The lowest BCUT2D eigenvalue weighted by atomic mass is 9.91. The van der Waals surface area contributed by atoms with E-state index in [1.165, 1.54) is 0 Å². The number of carbonyl (C=O) groups excluding carboxylic acids is 1. The van der Waals surface area contributed by atoms with Gasteiger partial charge in [-0.25, -0.2) is 0 Å². The van der Waals surface area contributed by atoms with Crippen LogP contribution in [0.25, 0.3) is 0 Å². The minimum Gasteiger partial charge on any atom is -0.480 e. The number of ether oxygens (including phenoxy) is 1. The fourth-order valence-corrected chi connectivity index (χ4v) is 3.16. The van der Waals surface area contributed by atoms with E-state index in [4.69, 9.17) is 10.5 Å². The predicted octanol–water partition coefficient (Wildman–Crippen LogP) is 2.46. The summed E-state index contributed by atoms with van der Waals surface area (Å²) in [7, 11) is 0. The molecule has 0 amide bonds. The molecule has 0 aromatic heterocycles. The van der Waals surface area contributed by atoms with Gasteiger partial charge in [-0.1, -0.05) is 29.8 Å². The van der Waals surface area contributed by atoms with E-state index in [0.29, 0.717) is 24.9 Å². The number of nitrogens with two attached hydrogens (primary N) is 1. The second-order valence-electron chi connectivity index (χ2n) is 7.71. The van der Waals surface area contributed by atoms with E-state index < -0.39 is 23.8 Å². The number of aryl methyl sites for hydroxylation is 1. The lowest BCUT2D eigenvalue weighted by molar-refractivity contribution is -0.163. The number of hydrogen-bond acceptors (Lipinski definition) is 5. The van der Waals surface area contributed by atoms with Gasteiger partial charge in [-0.2, -0.15) is 0 Å². The summed E-state index contributed by atoms with van der Waals surface area (Å²) < 4.78 is 5.44. The Labute approximate surface area is 149 Å². The Morgan fingerprint density at radius 2 is 1.88 bits per heavy atom. The number of carboxylic acid groups (broad SMARTS) is 1. The van der Waals surface area contributed by atoms with Crippen LogP contribution in [0.4, 0.5) is 0 Å².